The molecule has 0 aliphatic carbocycles. The third-order valence-corrected chi connectivity index (χ3v) is 3.32. The highest BCUT2D eigenvalue weighted by Crippen LogP contribution is 2.29. The van der Waals surface area contributed by atoms with E-state index in [4.69, 9.17) is 4.74 Å². The Morgan fingerprint density at radius 3 is 2.42 bits per heavy atom. The molecule has 1 N–H and O–H groups in total. The summed E-state index contributed by atoms with van der Waals surface area (Å²) in [5.41, 5.74) is 0.145. The summed E-state index contributed by atoms with van der Waals surface area (Å²) in [7, 11) is 0. The number of amides is 1. The Morgan fingerprint density at radius 1 is 1.12 bits per heavy atom. The van der Waals surface area contributed by atoms with Crippen molar-refractivity contribution < 1.29 is 27.5 Å². The van der Waals surface area contributed by atoms with Gasteiger partial charge in [0.1, 0.15) is 0 Å². The van der Waals surface area contributed by atoms with Crippen LogP contribution < -0.4 is 5.32 Å². The van der Waals surface area contributed by atoms with E-state index in [1.807, 2.05) is 0 Å². The van der Waals surface area contributed by atoms with Crippen molar-refractivity contribution in [2.24, 2.45) is 0 Å². The molecule has 136 valence electrons. The standard InChI is InChI=1S/C19H16F3NO3/c1-2-26-17(24)11-8-13-6-9-16(10-7-13)23-18(25)14-4-3-5-15(12-14)19(20,21)22/h3-12H,2H2,1H3,(H,23,25)/b11-8+. The number of hydrogen-bond donors (Lipinski definition) is 1. The summed E-state index contributed by atoms with van der Waals surface area (Å²) in [6.45, 7) is 1.98. The molecule has 0 radical (unpaired) electrons. The predicted molar refractivity (Wildman–Crippen MR) is 91.5 cm³/mol. The molecule has 26 heavy (non-hydrogen) atoms. The fraction of sp³-hybridized carbons (Fsp3) is 0.158. The lowest BCUT2D eigenvalue weighted by molar-refractivity contribution is -0.138. The number of rotatable bonds is 5. The minimum atomic E-state index is -4.51. The fourth-order valence-electron chi connectivity index (χ4n) is 2.07. The summed E-state index contributed by atoms with van der Waals surface area (Å²) in [5.74, 6) is -1.11. The second-order valence-corrected chi connectivity index (χ2v) is 5.24. The van der Waals surface area contributed by atoms with Gasteiger partial charge in [0.15, 0.2) is 0 Å². The minimum absolute atomic E-state index is 0.0916. The summed E-state index contributed by atoms with van der Waals surface area (Å²) in [6.07, 6.45) is -1.68. The Bertz CT molecular complexity index is 812. The van der Waals surface area contributed by atoms with Crippen LogP contribution in [0.3, 0.4) is 0 Å². The lowest BCUT2D eigenvalue weighted by atomic mass is 10.1. The Hall–Kier alpha value is -3.09. The van der Waals surface area contributed by atoms with Gasteiger partial charge in [-0.15, -0.1) is 0 Å². The molecule has 1 amide bonds. The summed E-state index contributed by atoms with van der Waals surface area (Å²) in [5, 5.41) is 2.53. The van der Waals surface area contributed by atoms with E-state index in [9.17, 15) is 22.8 Å². The van der Waals surface area contributed by atoms with E-state index in [0.29, 0.717) is 11.3 Å². The molecule has 2 aromatic carbocycles. The van der Waals surface area contributed by atoms with Crippen molar-refractivity contribution in [1.82, 2.24) is 0 Å². The van der Waals surface area contributed by atoms with Gasteiger partial charge in [0.25, 0.3) is 5.91 Å². The van der Waals surface area contributed by atoms with Gasteiger partial charge in [-0.25, -0.2) is 4.79 Å². The number of ether oxygens (including phenoxy) is 1. The Labute approximate surface area is 148 Å². The van der Waals surface area contributed by atoms with Crippen LogP contribution >= 0.6 is 0 Å². The predicted octanol–water partition coefficient (Wildman–Crippen LogP) is 4.53. The maximum atomic E-state index is 12.7. The molecule has 0 spiro atoms. The molecule has 0 aliphatic rings. The molecule has 0 aromatic heterocycles. The molecule has 7 heteroatoms. The highest BCUT2D eigenvalue weighted by molar-refractivity contribution is 6.04. The molecule has 0 fully saturated rings. The highest BCUT2D eigenvalue weighted by atomic mass is 19.4. The quantitative estimate of drug-likeness (QED) is 0.627. The van der Waals surface area contributed by atoms with Gasteiger partial charge in [-0.1, -0.05) is 18.2 Å². The molecule has 0 aliphatic heterocycles. The van der Waals surface area contributed by atoms with Crippen molar-refractivity contribution in [3.8, 4) is 0 Å². The number of benzene rings is 2. The van der Waals surface area contributed by atoms with Crippen LogP contribution in [0.25, 0.3) is 6.08 Å². The lowest BCUT2D eigenvalue weighted by Crippen LogP contribution is -2.13. The third kappa shape index (κ3) is 5.47. The first-order chi connectivity index (χ1) is 12.3. The van der Waals surface area contributed by atoms with Gasteiger partial charge in [0.05, 0.1) is 12.2 Å². The van der Waals surface area contributed by atoms with Gasteiger partial charge in [-0.2, -0.15) is 13.2 Å². The van der Waals surface area contributed by atoms with E-state index in [1.54, 1.807) is 37.3 Å². The largest absolute Gasteiger partial charge is 0.463 e. The number of carbonyl (C=O) groups excluding carboxylic acids is 2. The molecule has 2 rings (SSSR count). The van der Waals surface area contributed by atoms with Crippen molar-refractivity contribution in [2.45, 2.75) is 13.1 Å². The SMILES string of the molecule is CCOC(=O)/C=C/c1ccc(NC(=O)c2cccc(C(F)(F)F)c2)cc1. The van der Waals surface area contributed by atoms with Gasteiger partial charge in [-0.3, -0.25) is 4.79 Å². The zero-order chi connectivity index (χ0) is 19.2. The van der Waals surface area contributed by atoms with Crippen molar-refractivity contribution >= 4 is 23.6 Å². The lowest BCUT2D eigenvalue weighted by Gasteiger charge is -2.09. The van der Waals surface area contributed by atoms with E-state index in [1.165, 1.54) is 18.2 Å². The number of anilines is 1. The summed E-state index contributed by atoms with van der Waals surface area (Å²) < 4.78 is 42.9. The van der Waals surface area contributed by atoms with E-state index >= 15 is 0 Å². The first kappa shape index (κ1) is 19.2. The maximum Gasteiger partial charge on any atom is 0.416 e. The zero-order valence-corrected chi connectivity index (χ0v) is 13.8. The summed E-state index contributed by atoms with van der Waals surface area (Å²) in [4.78, 5) is 23.3. The molecular weight excluding hydrogens is 347 g/mol. The monoisotopic (exact) mass is 363 g/mol. The summed E-state index contributed by atoms with van der Waals surface area (Å²) >= 11 is 0. The van der Waals surface area contributed by atoms with Gasteiger partial charge >= 0.3 is 12.1 Å². The number of halogens is 3. The molecule has 0 unspecified atom stereocenters. The van der Waals surface area contributed by atoms with E-state index in [2.05, 4.69) is 5.32 Å². The third-order valence-electron chi connectivity index (χ3n) is 3.32. The van der Waals surface area contributed by atoms with E-state index in [-0.39, 0.29) is 12.2 Å². The van der Waals surface area contributed by atoms with Crippen LogP contribution in [0.5, 0.6) is 0 Å². The van der Waals surface area contributed by atoms with Gasteiger partial charge in [0, 0.05) is 17.3 Å². The normalized spacial score (nSPS) is 11.4. The molecule has 0 saturated heterocycles. The van der Waals surface area contributed by atoms with Crippen molar-refractivity contribution in [3.05, 3.63) is 71.3 Å². The summed E-state index contributed by atoms with van der Waals surface area (Å²) in [6, 6.07) is 10.6. The van der Waals surface area contributed by atoms with Crippen molar-refractivity contribution in [2.75, 3.05) is 11.9 Å². The number of nitrogens with one attached hydrogen (secondary N) is 1. The number of alkyl halides is 3. The Balaban J connectivity index is 2.05. The molecule has 0 bridgehead atoms. The average molecular weight is 363 g/mol. The Morgan fingerprint density at radius 2 is 1.81 bits per heavy atom. The second-order valence-electron chi connectivity index (χ2n) is 5.24. The van der Waals surface area contributed by atoms with Crippen LogP contribution in [0.2, 0.25) is 0 Å². The van der Waals surface area contributed by atoms with Crippen LogP contribution in [0.4, 0.5) is 18.9 Å². The topological polar surface area (TPSA) is 55.4 Å². The van der Waals surface area contributed by atoms with E-state index in [0.717, 1.165) is 12.1 Å². The maximum absolute atomic E-state index is 12.7. The average Bonchev–Trinajstić information content (AvgIpc) is 2.61. The van der Waals surface area contributed by atoms with Gasteiger partial charge in [0.2, 0.25) is 0 Å². The minimum Gasteiger partial charge on any atom is -0.463 e. The van der Waals surface area contributed by atoms with Crippen LogP contribution in [0.15, 0.2) is 54.6 Å². The zero-order valence-electron chi connectivity index (χ0n) is 13.8. The molecule has 0 atom stereocenters. The molecule has 4 nitrogen and oxygen atoms in total. The highest BCUT2D eigenvalue weighted by Gasteiger charge is 2.30. The van der Waals surface area contributed by atoms with Crippen molar-refractivity contribution in [3.63, 3.8) is 0 Å². The Kier molecular flexibility index (Phi) is 6.16. The fourth-order valence-corrected chi connectivity index (χ4v) is 2.07. The number of esters is 1. The number of carbonyl (C=O) groups is 2. The van der Waals surface area contributed by atoms with Crippen LogP contribution in [0, 0.1) is 0 Å². The van der Waals surface area contributed by atoms with Crippen LogP contribution in [-0.2, 0) is 15.7 Å². The molecular formula is C19H16F3NO3. The van der Waals surface area contributed by atoms with Gasteiger partial charge < -0.3 is 10.1 Å². The first-order valence-corrected chi connectivity index (χ1v) is 7.73. The van der Waals surface area contributed by atoms with Crippen molar-refractivity contribution in [1.29, 1.82) is 0 Å². The van der Waals surface area contributed by atoms with Crippen LogP contribution in [-0.4, -0.2) is 18.5 Å². The molecule has 0 heterocycles. The second kappa shape index (κ2) is 8.33. The number of hydrogen-bond acceptors (Lipinski definition) is 3. The van der Waals surface area contributed by atoms with E-state index < -0.39 is 23.6 Å². The first-order valence-electron chi connectivity index (χ1n) is 7.73. The molecule has 0 saturated carbocycles. The van der Waals surface area contributed by atoms with Crippen LogP contribution in [0.1, 0.15) is 28.4 Å². The van der Waals surface area contributed by atoms with Gasteiger partial charge in [-0.05, 0) is 48.9 Å². The molecule has 2 aromatic rings. The smallest absolute Gasteiger partial charge is 0.416 e.